The van der Waals surface area contributed by atoms with Crippen molar-refractivity contribution < 1.29 is 4.79 Å². The van der Waals surface area contributed by atoms with Crippen molar-refractivity contribution in [3.05, 3.63) is 71.6 Å². The average molecular weight is 332 g/mol. The molecule has 0 aliphatic carbocycles. The summed E-state index contributed by atoms with van der Waals surface area (Å²) in [6.45, 7) is 0. The van der Waals surface area contributed by atoms with Gasteiger partial charge in [-0.05, 0) is 36.4 Å². The van der Waals surface area contributed by atoms with E-state index in [0.29, 0.717) is 16.1 Å². The summed E-state index contributed by atoms with van der Waals surface area (Å²) in [4.78, 5) is 26.6. The number of ketones is 1. The zero-order valence-electron chi connectivity index (χ0n) is 12.5. The van der Waals surface area contributed by atoms with Gasteiger partial charge in [-0.1, -0.05) is 0 Å². The second-order valence-corrected chi connectivity index (χ2v) is 6.20. The van der Waals surface area contributed by atoms with E-state index in [1.807, 2.05) is 24.3 Å². The summed E-state index contributed by atoms with van der Waals surface area (Å²) in [5.41, 5.74) is 8.96. The summed E-state index contributed by atoms with van der Waals surface area (Å²) in [5, 5.41) is 0.796. The zero-order valence-corrected chi connectivity index (χ0v) is 13.3. The lowest BCUT2D eigenvalue weighted by Gasteiger charge is -2.00. The van der Waals surface area contributed by atoms with Crippen LogP contribution in [0.4, 0.5) is 5.69 Å². The first kappa shape index (κ1) is 14.5. The maximum atomic E-state index is 12.7. The Morgan fingerprint density at radius 1 is 1.00 bits per heavy atom. The molecule has 0 aliphatic heterocycles. The first-order valence-electron chi connectivity index (χ1n) is 7.28. The van der Waals surface area contributed by atoms with E-state index in [1.54, 1.807) is 36.9 Å². The summed E-state index contributed by atoms with van der Waals surface area (Å²) >= 11 is 1.31. The monoisotopic (exact) mass is 332 g/mol. The molecule has 0 saturated heterocycles. The molecule has 0 aromatic carbocycles. The van der Waals surface area contributed by atoms with Crippen molar-refractivity contribution in [3.63, 3.8) is 0 Å². The van der Waals surface area contributed by atoms with Gasteiger partial charge in [0.2, 0.25) is 5.78 Å². The topological polar surface area (TPSA) is 81.8 Å². The fraction of sp³-hybridized carbons (Fsp3) is 0. The number of rotatable bonds is 3. The summed E-state index contributed by atoms with van der Waals surface area (Å²) < 4.78 is 0. The van der Waals surface area contributed by atoms with Crippen molar-refractivity contribution in [2.75, 3.05) is 5.73 Å². The van der Waals surface area contributed by atoms with E-state index in [4.69, 9.17) is 5.73 Å². The quantitative estimate of drug-likeness (QED) is 0.580. The second-order valence-electron chi connectivity index (χ2n) is 5.20. The van der Waals surface area contributed by atoms with Gasteiger partial charge in [-0.15, -0.1) is 11.3 Å². The van der Waals surface area contributed by atoms with Crippen molar-refractivity contribution >= 4 is 33.0 Å². The van der Waals surface area contributed by atoms with E-state index < -0.39 is 0 Å². The molecule has 116 valence electrons. The zero-order chi connectivity index (χ0) is 16.5. The first-order valence-corrected chi connectivity index (χ1v) is 8.10. The fourth-order valence-corrected chi connectivity index (χ4v) is 3.53. The number of carbonyl (C=O) groups excluding carboxylic acids is 1. The highest BCUT2D eigenvalue weighted by molar-refractivity contribution is 7.21. The smallest absolute Gasteiger partial charge is 0.205 e. The number of nitrogen functional groups attached to an aromatic ring is 1. The third-order valence-electron chi connectivity index (χ3n) is 3.70. The number of hydrogen-bond donors (Lipinski definition) is 1. The highest BCUT2D eigenvalue weighted by Crippen LogP contribution is 2.35. The molecule has 24 heavy (non-hydrogen) atoms. The van der Waals surface area contributed by atoms with E-state index >= 15 is 0 Å². The maximum Gasteiger partial charge on any atom is 0.205 e. The molecule has 0 saturated carbocycles. The summed E-state index contributed by atoms with van der Waals surface area (Å²) in [7, 11) is 0. The van der Waals surface area contributed by atoms with E-state index in [0.717, 1.165) is 21.5 Å². The molecule has 0 atom stereocenters. The molecule has 0 aliphatic rings. The van der Waals surface area contributed by atoms with Gasteiger partial charge in [0.15, 0.2) is 0 Å². The SMILES string of the molecule is Nc1c(C(=O)c2ccncc2)sc2nc(-c3cccnc3)ccc12. The number of aromatic nitrogens is 3. The van der Waals surface area contributed by atoms with Crippen LogP contribution in [0, 0.1) is 0 Å². The molecule has 0 bridgehead atoms. The number of carbonyl (C=O) groups is 1. The molecule has 2 N–H and O–H groups in total. The lowest BCUT2D eigenvalue weighted by molar-refractivity contribution is 0.104. The van der Waals surface area contributed by atoms with Gasteiger partial charge < -0.3 is 5.73 Å². The molecule has 4 rings (SSSR count). The number of nitrogens with zero attached hydrogens (tertiary/aromatic N) is 3. The van der Waals surface area contributed by atoms with Gasteiger partial charge in [-0.2, -0.15) is 0 Å². The Kier molecular flexibility index (Phi) is 3.51. The van der Waals surface area contributed by atoms with Crippen LogP contribution in [-0.4, -0.2) is 20.7 Å². The number of pyridine rings is 3. The molecule has 4 aromatic heterocycles. The van der Waals surface area contributed by atoms with Crippen LogP contribution < -0.4 is 5.73 Å². The van der Waals surface area contributed by atoms with Gasteiger partial charge in [0.05, 0.1) is 11.4 Å². The third-order valence-corrected chi connectivity index (χ3v) is 4.81. The van der Waals surface area contributed by atoms with Crippen LogP contribution in [0.5, 0.6) is 0 Å². The minimum absolute atomic E-state index is 0.110. The average Bonchev–Trinajstić information content (AvgIpc) is 2.99. The van der Waals surface area contributed by atoms with Crippen molar-refractivity contribution in [2.45, 2.75) is 0 Å². The maximum absolute atomic E-state index is 12.7. The molecule has 0 fully saturated rings. The van der Waals surface area contributed by atoms with Crippen molar-refractivity contribution in [1.82, 2.24) is 15.0 Å². The molecular weight excluding hydrogens is 320 g/mol. The van der Waals surface area contributed by atoms with Crippen LogP contribution in [-0.2, 0) is 0 Å². The van der Waals surface area contributed by atoms with Crippen LogP contribution in [0.15, 0.2) is 61.2 Å². The summed E-state index contributed by atoms with van der Waals surface area (Å²) in [5.74, 6) is -0.110. The molecule has 6 heteroatoms. The highest BCUT2D eigenvalue weighted by Gasteiger charge is 2.19. The van der Waals surface area contributed by atoms with E-state index in [9.17, 15) is 4.79 Å². The van der Waals surface area contributed by atoms with Crippen molar-refractivity contribution in [1.29, 1.82) is 0 Å². The Hall–Kier alpha value is -3.12. The van der Waals surface area contributed by atoms with E-state index in [2.05, 4.69) is 15.0 Å². The molecule has 0 amide bonds. The molecule has 4 heterocycles. The summed E-state index contributed by atoms with van der Waals surface area (Å²) in [6, 6.07) is 11.0. The third kappa shape index (κ3) is 2.43. The number of anilines is 1. The van der Waals surface area contributed by atoms with Gasteiger partial charge in [-0.25, -0.2) is 4.98 Å². The predicted octanol–water partition coefficient (Wildman–Crippen LogP) is 3.57. The Bertz CT molecular complexity index is 1030. The number of thiophene rings is 1. The van der Waals surface area contributed by atoms with Gasteiger partial charge in [0.25, 0.3) is 0 Å². The molecule has 5 nitrogen and oxygen atoms in total. The Morgan fingerprint density at radius 2 is 1.83 bits per heavy atom. The largest absolute Gasteiger partial charge is 0.397 e. The first-order chi connectivity index (χ1) is 11.7. The van der Waals surface area contributed by atoms with E-state index in [1.165, 1.54) is 11.3 Å². The molecule has 4 aromatic rings. The van der Waals surface area contributed by atoms with Gasteiger partial charge in [0, 0.05) is 41.3 Å². The van der Waals surface area contributed by atoms with Gasteiger partial charge in [0.1, 0.15) is 9.71 Å². The van der Waals surface area contributed by atoms with E-state index in [-0.39, 0.29) is 5.78 Å². The normalized spacial score (nSPS) is 10.8. The number of hydrogen-bond acceptors (Lipinski definition) is 6. The van der Waals surface area contributed by atoms with Crippen molar-refractivity contribution in [2.24, 2.45) is 0 Å². The predicted molar refractivity (Wildman–Crippen MR) is 94.9 cm³/mol. The lowest BCUT2D eigenvalue weighted by atomic mass is 10.1. The molecule has 0 unspecified atom stereocenters. The second kappa shape index (κ2) is 5.82. The van der Waals surface area contributed by atoms with Crippen LogP contribution in [0.1, 0.15) is 15.2 Å². The van der Waals surface area contributed by atoms with Gasteiger partial charge in [-0.3, -0.25) is 14.8 Å². The summed E-state index contributed by atoms with van der Waals surface area (Å²) in [6.07, 6.45) is 6.66. The van der Waals surface area contributed by atoms with Crippen LogP contribution in [0.2, 0.25) is 0 Å². The molecule has 0 spiro atoms. The lowest BCUT2D eigenvalue weighted by Crippen LogP contribution is -2.01. The highest BCUT2D eigenvalue weighted by atomic mass is 32.1. The Morgan fingerprint density at radius 3 is 2.58 bits per heavy atom. The van der Waals surface area contributed by atoms with Crippen molar-refractivity contribution in [3.8, 4) is 11.3 Å². The van der Waals surface area contributed by atoms with Gasteiger partial charge >= 0.3 is 0 Å². The minimum atomic E-state index is -0.110. The number of nitrogens with two attached hydrogens (primary N) is 1. The Balaban J connectivity index is 1.82. The Labute approximate surface area is 141 Å². The van der Waals surface area contributed by atoms with Crippen LogP contribution in [0.3, 0.4) is 0 Å². The minimum Gasteiger partial charge on any atom is -0.397 e. The molecule has 0 radical (unpaired) electrons. The number of fused-ring (bicyclic) bond motifs is 1. The fourth-order valence-electron chi connectivity index (χ4n) is 2.48. The van der Waals surface area contributed by atoms with Crippen LogP contribution >= 0.6 is 11.3 Å². The molecular formula is C18H12N4OS. The van der Waals surface area contributed by atoms with Crippen LogP contribution in [0.25, 0.3) is 21.5 Å². The standard InChI is InChI=1S/C18H12N4OS/c19-15-13-3-4-14(12-2-1-7-21-10-12)22-18(13)24-17(15)16(23)11-5-8-20-9-6-11/h1-10H,19H2.